The van der Waals surface area contributed by atoms with E-state index in [1.165, 1.54) is 11.8 Å². The minimum Gasteiger partial charge on any atom is -0.493 e. The maximum atomic E-state index is 12.6. The summed E-state index contributed by atoms with van der Waals surface area (Å²) in [6.07, 6.45) is 1.61. The molecule has 1 amide bonds. The molecule has 0 radical (unpaired) electrons. The van der Waals surface area contributed by atoms with Crippen molar-refractivity contribution in [2.75, 3.05) is 46.1 Å². The van der Waals surface area contributed by atoms with Gasteiger partial charge in [0.05, 0.1) is 33.3 Å². The molecule has 1 aromatic heterocycles. The lowest BCUT2D eigenvalue weighted by atomic mass is 10.1. The zero-order chi connectivity index (χ0) is 27.8. The number of anilines is 1. The molecule has 0 bridgehead atoms. The van der Waals surface area contributed by atoms with Crippen molar-refractivity contribution in [2.45, 2.75) is 5.16 Å². The fraction of sp³-hybridized carbons (Fsp3) is 0.214. The first-order chi connectivity index (χ1) is 18.9. The van der Waals surface area contributed by atoms with E-state index >= 15 is 0 Å². The molecule has 4 aromatic rings. The van der Waals surface area contributed by atoms with Crippen LogP contribution in [0.25, 0.3) is 17.1 Å². The fourth-order valence-corrected chi connectivity index (χ4v) is 4.51. The number of methoxy groups -OCH3 is 3. The summed E-state index contributed by atoms with van der Waals surface area (Å²) in [4.78, 5) is 14.6. The van der Waals surface area contributed by atoms with Crippen LogP contribution in [-0.2, 0) is 4.79 Å². The van der Waals surface area contributed by atoms with E-state index in [-0.39, 0.29) is 11.7 Å². The summed E-state index contributed by atoms with van der Waals surface area (Å²) in [6.45, 7) is 0. The van der Waals surface area contributed by atoms with Crippen molar-refractivity contribution in [1.82, 2.24) is 20.2 Å². The number of carbonyl (C=O) groups excluding carboxylic acids is 1. The summed E-state index contributed by atoms with van der Waals surface area (Å²) >= 11 is 1.26. The highest BCUT2D eigenvalue weighted by Crippen LogP contribution is 2.41. The van der Waals surface area contributed by atoms with Crippen LogP contribution in [0.3, 0.4) is 0 Å². The molecule has 3 aromatic carbocycles. The van der Waals surface area contributed by atoms with Crippen LogP contribution in [0.5, 0.6) is 17.2 Å². The van der Waals surface area contributed by atoms with E-state index in [1.54, 1.807) is 27.5 Å². The van der Waals surface area contributed by atoms with Gasteiger partial charge in [-0.3, -0.25) is 9.36 Å². The molecule has 11 heteroatoms. The minimum atomic E-state index is -0.266. The third kappa shape index (κ3) is 6.50. The van der Waals surface area contributed by atoms with Gasteiger partial charge < -0.3 is 19.1 Å². The van der Waals surface area contributed by atoms with Gasteiger partial charge in [0.1, 0.15) is 0 Å². The molecule has 1 heterocycles. The molecule has 0 fully saturated rings. The Hall–Kier alpha value is -4.51. The first-order valence-corrected chi connectivity index (χ1v) is 13.0. The van der Waals surface area contributed by atoms with Gasteiger partial charge in [0, 0.05) is 31.0 Å². The molecule has 0 saturated carbocycles. The molecule has 0 aliphatic carbocycles. The van der Waals surface area contributed by atoms with Crippen molar-refractivity contribution in [3.8, 4) is 34.3 Å². The first-order valence-electron chi connectivity index (χ1n) is 12.0. The number of carbonyl (C=O) groups is 1. The fourth-order valence-electron chi connectivity index (χ4n) is 3.77. The third-order valence-corrected chi connectivity index (χ3v) is 6.64. The van der Waals surface area contributed by atoms with E-state index in [2.05, 4.69) is 20.7 Å². The van der Waals surface area contributed by atoms with Gasteiger partial charge in [-0.15, -0.1) is 10.2 Å². The van der Waals surface area contributed by atoms with Gasteiger partial charge in [-0.25, -0.2) is 5.43 Å². The zero-order valence-electron chi connectivity index (χ0n) is 22.4. The van der Waals surface area contributed by atoms with Gasteiger partial charge in [-0.05, 0) is 42.0 Å². The number of amides is 1. The van der Waals surface area contributed by atoms with Crippen molar-refractivity contribution in [3.63, 3.8) is 0 Å². The maximum Gasteiger partial charge on any atom is 0.250 e. The number of nitrogens with one attached hydrogen (secondary N) is 1. The van der Waals surface area contributed by atoms with E-state index in [4.69, 9.17) is 14.2 Å². The van der Waals surface area contributed by atoms with Crippen LogP contribution in [0.2, 0.25) is 0 Å². The highest BCUT2D eigenvalue weighted by molar-refractivity contribution is 7.99. The smallest absolute Gasteiger partial charge is 0.250 e. The first kappa shape index (κ1) is 27.5. The number of rotatable bonds is 11. The average Bonchev–Trinajstić information content (AvgIpc) is 3.40. The second kappa shape index (κ2) is 12.8. The molecule has 0 unspecified atom stereocenters. The van der Waals surface area contributed by atoms with Gasteiger partial charge in [0.2, 0.25) is 5.75 Å². The predicted molar refractivity (Wildman–Crippen MR) is 154 cm³/mol. The summed E-state index contributed by atoms with van der Waals surface area (Å²) in [5.41, 5.74) is 6.09. The van der Waals surface area contributed by atoms with Crippen LogP contribution in [0.1, 0.15) is 5.56 Å². The van der Waals surface area contributed by atoms with Crippen molar-refractivity contribution < 1.29 is 19.0 Å². The third-order valence-electron chi connectivity index (χ3n) is 5.72. The van der Waals surface area contributed by atoms with Crippen molar-refractivity contribution in [1.29, 1.82) is 0 Å². The number of para-hydroxylation sites is 1. The number of hydrogen-bond donors (Lipinski definition) is 1. The van der Waals surface area contributed by atoms with Gasteiger partial charge in [-0.2, -0.15) is 5.10 Å². The predicted octanol–water partition coefficient (Wildman–Crippen LogP) is 4.27. The Balaban J connectivity index is 1.55. The molecule has 39 heavy (non-hydrogen) atoms. The number of aromatic nitrogens is 3. The van der Waals surface area contributed by atoms with Crippen LogP contribution in [-0.4, -0.2) is 68.1 Å². The lowest BCUT2D eigenvalue weighted by molar-refractivity contribution is -0.118. The molecule has 0 saturated heterocycles. The van der Waals surface area contributed by atoms with Gasteiger partial charge in [-0.1, -0.05) is 42.1 Å². The molecule has 0 atom stereocenters. The van der Waals surface area contributed by atoms with E-state index < -0.39 is 0 Å². The maximum absolute atomic E-state index is 12.6. The Morgan fingerprint density at radius 1 is 0.974 bits per heavy atom. The standard InChI is InChI=1S/C28H30N6O4S/c1-33(2)21-13-11-19(12-14-21)17-29-30-25(35)18-39-28-32-31-27(34(28)22-9-7-6-8-10-22)20-15-23(36-3)26(38-5)24(16-20)37-4/h6-17H,18H2,1-5H3,(H,30,35)/b29-17+. The van der Waals surface area contributed by atoms with Crippen LogP contribution in [0.15, 0.2) is 77.0 Å². The minimum absolute atomic E-state index is 0.0944. The van der Waals surface area contributed by atoms with E-state index in [0.29, 0.717) is 33.8 Å². The van der Waals surface area contributed by atoms with Crippen LogP contribution in [0, 0.1) is 0 Å². The number of ether oxygens (including phenoxy) is 3. The molecule has 1 N–H and O–H groups in total. The van der Waals surface area contributed by atoms with E-state index in [9.17, 15) is 4.79 Å². The van der Waals surface area contributed by atoms with Crippen LogP contribution >= 0.6 is 11.8 Å². The summed E-state index contributed by atoms with van der Waals surface area (Å²) in [7, 11) is 8.63. The number of hydrazone groups is 1. The molecule has 4 rings (SSSR count). The lowest BCUT2D eigenvalue weighted by Gasteiger charge is -2.15. The molecule has 10 nitrogen and oxygen atoms in total. The summed E-state index contributed by atoms with van der Waals surface area (Å²) < 4.78 is 18.4. The summed E-state index contributed by atoms with van der Waals surface area (Å²) in [6, 6.07) is 21.1. The number of thioether (sulfide) groups is 1. The molecule has 0 aliphatic heterocycles. The Kier molecular flexibility index (Phi) is 9.06. The quantitative estimate of drug-likeness (QED) is 0.169. The molecular formula is C28H30N6O4S. The Morgan fingerprint density at radius 2 is 1.64 bits per heavy atom. The van der Waals surface area contributed by atoms with Crippen molar-refractivity contribution >= 4 is 29.6 Å². The second-order valence-electron chi connectivity index (χ2n) is 8.46. The second-order valence-corrected chi connectivity index (χ2v) is 9.40. The largest absolute Gasteiger partial charge is 0.493 e. The van der Waals surface area contributed by atoms with Gasteiger partial charge in [0.15, 0.2) is 22.5 Å². The average molecular weight is 547 g/mol. The lowest BCUT2D eigenvalue weighted by Crippen LogP contribution is -2.20. The summed E-state index contributed by atoms with van der Waals surface area (Å²) in [5.74, 6) is 1.86. The van der Waals surface area contributed by atoms with Crippen LogP contribution in [0.4, 0.5) is 5.69 Å². The number of hydrogen-bond acceptors (Lipinski definition) is 9. The molecule has 0 spiro atoms. The monoisotopic (exact) mass is 546 g/mol. The van der Waals surface area contributed by atoms with E-state index in [0.717, 1.165) is 16.9 Å². The van der Waals surface area contributed by atoms with Gasteiger partial charge in [0.25, 0.3) is 5.91 Å². The zero-order valence-corrected chi connectivity index (χ0v) is 23.2. The van der Waals surface area contributed by atoms with Crippen molar-refractivity contribution in [3.05, 3.63) is 72.3 Å². The van der Waals surface area contributed by atoms with Crippen LogP contribution < -0.4 is 24.5 Å². The highest BCUT2D eigenvalue weighted by atomic mass is 32.2. The topological polar surface area (TPSA) is 103 Å². The summed E-state index contributed by atoms with van der Waals surface area (Å²) in [5, 5.41) is 13.5. The highest BCUT2D eigenvalue weighted by Gasteiger charge is 2.21. The normalized spacial score (nSPS) is 10.9. The molecule has 202 valence electrons. The Labute approximate surface area is 231 Å². The SMILES string of the molecule is COc1cc(-c2nnc(SCC(=O)N/N=C/c3ccc(N(C)C)cc3)n2-c2ccccc2)cc(OC)c1OC. The Morgan fingerprint density at radius 3 is 2.23 bits per heavy atom. The van der Waals surface area contributed by atoms with E-state index in [1.807, 2.05) is 90.3 Å². The molecule has 0 aliphatic rings. The molecular weight excluding hydrogens is 516 g/mol. The Bertz CT molecular complexity index is 1410. The van der Waals surface area contributed by atoms with Crippen molar-refractivity contribution in [2.24, 2.45) is 5.10 Å². The van der Waals surface area contributed by atoms with Gasteiger partial charge >= 0.3 is 0 Å². The number of benzene rings is 3. The number of nitrogens with zero attached hydrogens (tertiary/aromatic N) is 5.